The highest BCUT2D eigenvalue weighted by Gasteiger charge is 2.42. The lowest BCUT2D eigenvalue weighted by Gasteiger charge is -2.39. The van der Waals surface area contributed by atoms with Crippen molar-refractivity contribution in [1.82, 2.24) is 4.90 Å². The van der Waals surface area contributed by atoms with Crippen LogP contribution in [-0.2, 0) is 19.1 Å². The van der Waals surface area contributed by atoms with Gasteiger partial charge in [0.05, 0.1) is 30.5 Å². The number of hydrogen-bond donors (Lipinski definition) is 0. The molecule has 9 heteroatoms. The van der Waals surface area contributed by atoms with Crippen molar-refractivity contribution in [2.45, 2.75) is 47.1 Å². The number of carbonyl (C=O) groups excluding carboxylic acids is 3. The van der Waals surface area contributed by atoms with Crippen molar-refractivity contribution in [2.75, 3.05) is 19.0 Å². The minimum absolute atomic E-state index is 0.115. The van der Waals surface area contributed by atoms with E-state index in [0.29, 0.717) is 46.5 Å². The topological polar surface area (TPSA) is 94.5 Å². The first-order valence-corrected chi connectivity index (χ1v) is 11.6. The molecule has 1 saturated heterocycles. The highest BCUT2D eigenvalue weighted by Crippen LogP contribution is 2.42. The molecule has 1 fully saturated rings. The second-order valence-corrected chi connectivity index (χ2v) is 8.95. The summed E-state index contributed by atoms with van der Waals surface area (Å²) in [6.45, 7) is 9.40. The van der Waals surface area contributed by atoms with Gasteiger partial charge in [-0.1, -0.05) is 31.7 Å². The average molecular weight is 461 g/mol. The van der Waals surface area contributed by atoms with Gasteiger partial charge in [0, 0.05) is 19.1 Å². The molecule has 32 heavy (non-hydrogen) atoms. The fourth-order valence-corrected chi connectivity index (χ4v) is 4.50. The summed E-state index contributed by atoms with van der Waals surface area (Å²) in [5, 5.41) is 0.561. The van der Waals surface area contributed by atoms with E-state index in [1.165, 1.54) is 18.7 Å². The van der Waals surface area contributed by atoms with Gasteiger partial charge < -0.3 is 14.2 Å². The molecule has 1 atom stereocenters. The lowest BCUT2D eigenvalue weighted by Crippen LogP contribution is -2.45. The number of esters is 2. The first kappa shape index (κ1) is 23.8. The van der Waals surface area contributed by atoms with Crippen LogP contribution in [0.15, 0.2) is 34.5 Å². The van der Waals surface area contributed by atoms with E-state index in [0.717, 1.165) is 0 Å². The Hall–Kier alpha value is -2.81. The molecule has 0 aromatic heterocycles. The highest BCUT2D eigenvalue weighted by molar-refractivity contribution is 8.14. The molecule has 0 saturated carbocycles. The lowest BCUT2D eigenvalue weighted by atomic mass is 9.93. The summed E-state index contributed by atoms with van der Waals surface area (Å²) in [6, 6.07) is 4.32. The maximum atomic E-state index is 13.1. The summed E-state index contributed by atoms with van der Waals surface area (Å²) in [4.78, 5) is 43.6. The number of hydrogen-bond acceptors (Lipinski definition) is 8. The van der Waals surface area contributed by atoms with Crippen molar-refractivity contribution in [2.24, 2.45) is 10.9 Å². The molecule has 1 aromatic rings. The molecule has 1 aromatic carbocycles. The third-order valence-electron chi connectivity index (χ3n) is 4.81. The van der Waals surface area contributed by atoms with Crippen LogP contribution in [0.1, 0.15) is 52.6 Å². The molecule has 0 unspecified atom stereocenters. The molecule has 0 N–H and O–H groups in total. The summed E-state index contributed by atoms with van der Waals surface area (Å²) < 4.78 is 16.5. The zero-order chi connectivity index (χ0) is 23.4. The van der Waals surface area contributed by atoms with E-state index < -0.39 is 18.0 Å². The number of thioether (sulfide) groups is 1. The van der Waals surface area contributed by atoms with Crippen LogP contribution in [0.2, 0.25) is 0 Å². The number of allylic oxidation sites excluding steroid dienone is 1. The van der Waals surface area contributed by atoms with Crippen molar-refractivity contribution in [3.05, 3.63) is 35.0 Å². The SMILES string of the molecule is CCOc1cc([C@H]2C(C(=O)OCC(C)C)=C(C)N=C3SCCC(=O)N32)ccc1OC(C)=O. The van der Waals surface area contributed by atoms with Crippen LogP contribution in [0.5, 0.6) is 11.5 Å². The smallest absolute Gasteiger partial charge is 0.338 e. The molecule has 3 rings (SSSR count). The molecule has 2 heterocycles. The monoisotopic (exact) mass is 460 g/mol. The maximum absolute atomic E-state index is 13.1. The van der Waals surface area contributed by atoms with Crippen LogP contribution in [0.3, 0.4) is 0 Å². The van der Waals surface area contributed by atoms with Crippen molar-refractivity contribution >= 4 is 34.8 Å². The van der Waals surface area contributed by atoms with E-state index in [2.05, 4.69) is 4.99 Å². The first-order chi connectivity index (χ1) is 15.2. The third kappa shape index (κ3) is 5.15. The van der Waals surface area contributed by atoms with Gasteiger partial charge in [-0.05, 0) is 37.5 Å². The summed E-state index contributed by atoms with van der Waals surface area (Å²) >= 11 is 1.48. The molecule has 0 radical (unpaired) electrons. The number of amides is 1. The summed E-state index contributed by atoms with van der Waals surface area (Å²) in [5.74, 6) is 0.343. The minimum Gasteiger partial charge on any atom is -0.490 e. The maximum Gasteiger partial charge on any atom is 0.338 e. The summed E-state index contributed by atoms with van der Waals surface area (Å²) in [7, 11) is 0. The van der Waals surface area contributed by atoms with Crippen LogP contribution in [0, 0.1) is 5.92 Å². The number of aliphatic imine (C=N–C) groups is 1. The minimum atomic E-state index is -0.715. The van der Waals surface area contributed by atoms with E-state index in [1.54, 1.807) is 30.0 Å². The van der Waals surface area contributed by atoms with Gasteiger partial charge in [0.25, 0.3) is 0 Å². The van der Waals surface area contributed by atoms with E-state index >= 15 is 0 Å². The highest BCUT2D eigenvalue weighted by atomic mass is 32.2. The molecular weight excluding hydrogens is 432 g/mol. The van der Waals surface area contributed by atoms with E-state index in [-0.39, 0.29) is 24.2 Å². The fourth-order valence-electron chi connectivity index (χ4n) is 3.49. The van der Waals surface area contributed by atoms with Gasteiger partial charge in [-0.25, -0.2) is 9.79 Å². The van der Waals surface area contributed by atoms with Gasteiger partial charge in [0.1, 0.15) is 0 Å². The van der Waals surface area contributed by atoms with Gasteiger partial charge in [-0.2, -0.15) is 0 Å². The Labute approximate surface area is 192 Å². The Morgan fingerprint density at radius 3 is 2.69 bits per heavy atom. The number of carbonyl (C=O) groups is 3. The van der Waals surface area contributed by atoms with Gasteiger partial charge in [0.2, 0.25) is 5.91 Å². The van der Waals surface area contributed by atoms with Crippen molar-refractivity contribution < 1.29 is 28.6 Å². The van der Waals surface area contributed by atoms with Crippen LogP contribution < -0.4 is 9.47 Å². The Bertz CT molecular complexity index is 985. The van der Waals surface area contributed by atoms with Crippen LogP contribution >= 0.6 is 11.8 Å². The Kier molecular flexibility index (Phi) is 7.60. The van der Waals surface area contributed by atoms with E-state index in [4.69, 9.17) is 14.2 Å². The van der Waals surface area contributed by atoms with Crippen LogP contribution in [-0.4, -0.2) is 46.9 Å². The molecule has 172 valence electrons. The Balaban J connectivity index is 2.11. The average Bonchev–Trinajstić information content (AvgIpc) is 2.72. The normalized spacial score (nSPS) is 18.3. The molecule has 0 spiro atoms. The largest absolute Gasteiger partial charge is 0.490 e. The number of benzene rings is 1. The third-order valence-corrected chi connectivity index (χ3v) is 5.77. The molecule has 8 nitrogen and oxygen atoms in total. The van der Waals surface area contributed by atoms with Crippen molar-refractivity contribution in [1.29, 1.82) is 0 Å². The predicted molar refractivity (Wildman–Crippen MR) is 122 cm³/mol. The molecule has 1 amide bonds. The number of ether oxygens (including phenoxy) is 3. The summed E-state index contributed by atoms with van der Waals surface area (Å²) in [5.41, 5.74) is 1.47. The molecule has 0 bridgehead atoms. The van der Waals surface area contributed by atoms with E-state index in [9.17, 15) is 14.4 Å². The lowest BCUT2D eigenvalue weighted by molar-refractivity contribution is -0.141. The van der Waals surface area contributed by atoms with Crippen molar-refractivity contribution in [3.8, 4) is 11.5 Å². The van der Waals surface area contributed by atoms with Gasteiger partial charge in [-0.15, -0.1) is 0 Å². The second-order valence-electron chi connectivity index (χ2n) is 7.88. The second kappa shape index (κ2) is 10.2. The molecule has 2 aliphatic heterocycles. The molecule has 2 aliphatic rings. The zero-order valence-electron chi connectivity index (χ0n) is 19.0. The van der Waals surface area contributed by atoms with Crippen molar-refractivity contribution in [3.63, 3.8) is 0 Å². The Morgan fingerprint density at radius 2 is 2.03 bits per heavy atom. The summed E-state index contributed by atoms with van der Waals surface area (Å²) in [6.07, 6.45) is 0.345. The van der Waals surface area contributed by atoms with Crippen LogP contribution in [0.25, 0.3) is 0 Å². The van der Waals surface area contributed by atoms with Gasteiger partial charge in [0.15, 0.2) is 16.7 Å². The van der Waals surface area contributed by atoms with Gasteiger partial charge >= 0.3 is 11.9 Å². The van der Waals surface area contributed by atoms with Gasteiger partial charge in [-0.3, -0.25) is 14.5 Å². The number of nitrogens with zero attached hydrogens (tertiary/aromatic N) is 2. The Morgan fingerprint density at radius 1 is 1.28 bits per heavy atom. The number of rotatable bonds is 7. The molecule has 0 aliphatic carbocycles. The quantitative estimate of drug-likeness (QED) is 0.450. The van der Waals surface area contributed by atoms with Crippen LogP contribution in [0.4, 0.5) is 0 Å². The standard InChI is InChI=1S/C23H28N2O6S/c1-6-29-18-11-16(7-8-17(18)31-15(5)26)21-20(22(28)30-12-13(2)3)14(4)24-23-25(21)19(27)9-10-32-23/h7-8,11,13,21H,6,9-10,12H2,1-5H3/t21-/m0/s1. The molecular formula is C23H28N2O6S. The number of amidine groups is 1. The predicted octanol–water partition coefficient (Wildman–Crippen LogP) is 3.86. The zero-order valence-corrected chi connectivity index (χ0v) is 19.8. The first-order valence-electron chi connectivity index (χ1n) is 10.6. The van der Waals surface area contributed by atoms with E-state index in [1.807, 2.05) is 20.8 Å². The number of fused-ring (bicyclic) bond motifs is 1. The fraction of sp³-hybridized carbons (Fsp3) is 0.478.